The number of hydrogen-bond donors (Lipinski definition) is 2. The number of aromatic nitrogens is 2. The molecule has 1 aliphatic rings. The van der Waals surface area contributed by atoms with Gasteiger partial charge in [-0.05, 0) is 78.9 Å². The number of nitrogens with one attached hydrogen (secondary N) is 2. The number of anilines is 2. The number of amides is 1. The van der Waals surface area contributed by atoms with Crippen LogP contribution in [0, 0.1) is 17.2 Å². The van der Waals surface area contributed by atoms with Gasteiger partial charge >= 0.3 is 12.5 Å². The predicted molar refractivity (Wildman–Crippen MR) is 143 cm³/mol. The molecule has 13 heteroatoms. The number of benzene rings is 3. The molecule has 0 aliphatic heterocycles. The summed E-state index contributed by atoms with van der Waals surface area (Å²) in [5.74, 6) is -0.863. The molecule has 1 amide bonds. The Bertz CT molecular complexity index is 1660. The molecule has 1 aromatic heterocycles. The molecule has 0 spiro atoms. The van der Waals surface area contributed by atoms with Gasteiger partial charge in [-0.1, -0.05) is 30.3 Å². The van der Waals surface area contributed by atoms with Crippen LogP contribution < -0.4 is 15.0 Å². The van der Waals surface area contributed by atoms with E-state index in [1.54, 1.807) is 30.3 Å². The average molecular weight is 600 g/mol. The Morgan fingerprint density at radius 3 is 2.26 bits per heavy atom. The molecule has 1 saturated carbocycles. The van der Waals surface area contributed by atoms with Crippen LogP contribution in [0.1, 0.15) is 51.8 Å². The van der Waals surface area contributed by atoms with E-state index in [1.165, 1.54) is 42.5 Å². The lowest BCUT2D eigenvalue weighted by molar-refractivity contribution is -0.274. The summed E-state index contributed by atoms with van der Waals surface area (Å²) in [5, 5.41) is 18.2. The average Bonchev–Trinajstić information content (AvgIpc) is 3.63. The minimum atomic E-state index is -4.88. The van der Waals surface area contributed by atoms with Gasteiger partial charge in [0.2, 0.25) is 0 Å². The molecule has 43 heavy (non-hydrogen) atoms. The Labute approximate surface area is 241 Å². The van der Waals surface area contributed by atoms with Crippen LogP contribution in [-0.2, 0) is 6.18 Å². The Morgan fingerprint density at radius 1 is 0.977 bits per heavy atom. The highest BCUT2D eigenvalue weighted by Crippen LogP contribution is 2.35. The van der Waals surface area contributed by atoms with Crippen LogP contribution in [0.3, 0.4) is 0 Å². The second-order valence-corrected chi connectivity index (χ2v) is 9.97. The molecule has 0 bridgehead atoms. The first kappa shape index (κ1) is 29.7. The van der Waals surface area contributed by atoms with Crippen molar-refractivity contribution in [3.05, 3.63) is 107 Å². The van der Waals surface area contributed by atoms with Crippen molar-refractivity contribution in [2.75, 3.05) is 11.4 Å². The molecule has 0 saturated heterocycles. The van der Waals surface area contributed by atoms with Crippen molar-refractivity contribution in [3.63, 3.8) is 0 Å². The van der Waals surface area contributed by atoms with E-state index in [2.05, 4.69) is 20.3 Å². The lowest BCUT2D eigenvalue weighted by Gasteiger charge is -2.26. The number of carbonyl (C=O) groups excluding carboxylic acids is 1. The third-order valence-corrected chi connectivity index (χ3v) is 6.73. The number of nitriles is 1. The molecule has 3 aromatic carbocycles. The van der Waals surface area contributed by atoms with Crippen LogP contribution in [0.5, 0.6) is 5.75 Å². The van der Waals surface area contributed by atoms with Crippen LogP contribution in [-0.4, -0.2) is 29.0 Å². The summed E-state index contributed by atoms with van der Waals surface area (Å²) in [4.78, 5) is 14.8. The quantitative estimate of drug-likeness (QED) is 0.198. The summed E-state index contributed by atoms with van der Waals surface area (Å²) in [5.41, 5.74) is -0.0443. The topological polar surface area (TPSA) is 94.0 Å². The summed E-state index contributed by atoms with van der Waals surface area (Å²) in [7, 11) is 0. The first-order chi connectivity index (χ1) is 20.4. The van der Waals surface area contributed by atoms with Crippen molar-refractivity contribution in [1.29, 1.82) is 5.26 Å². The lowest BCUT2D eigenvalue weighted by Crippen LogP contribution is -2.28. The van der Waals surface area contributed by atoms with Gasteiger partial charge in [0.05, 0.1) is 23.4 Å². The number of halogens is 6. The highest BCUT2D eigenvalue weighted by Gasteiger charge is 2.36. The highest BCUT2D eigenvalue weighted by atomic mass is 19.4. The normalized spacial score (nSPS) is 14.2. The second kappa shape index (κ2) is 11.8. The van der Waals surface area contributed by atoms with Crippen LogP contribution >= 0.6 is 0 Å². The van der Waals surface area contributed by atoms with E-state index in [0.717, 1.165) is 17.7 Å². The minimum absolute atomic E-state index is 0.201. The Balaban J connectivity index is 1.57. The van der Waals surface area contributed by atoms with E-state index in [4.69, 9.17) is 0 Å². The second-order valence-electron chi connectivity index (χ2n) is 9.97. The van der Waals surface area contributed by atoms with Crippen molar-refractivity contribution < 1.29 is 35.9 Å². The smallest absolute Gasteiger partial charge is 0.406 e. The molecular weight excluding hydrogens is 576 g/mol. The molecule has 0 radical (unpaired) electrons. The minimum Gasteiger partial charge on any atom is -0.406 e. The lowest BCUT2D eigenvalue weighted by atomic mass is 9.97. The summed E-state index contributed by atoms with van der Waals surface area (Å²) in [6, 6.07) is 20.0. The highest BCUT2D eigenvalue weighted by molar-refractivity contribution is 6.10. The number of carbonyl (C=O) groups is 1. The maximum Gasteiger partial charge on any atom is 0.573 e. The number of rotatable bonds is 9. The van der Waals surface area contributed by atoms with Gasteiger partial charge < -0.3 is 10.1 Å². The molecule has 1 aliphatic carbocycles. The van der Waals surface area contributed by atoms with Crippen molar-refractivity contribution in [2.24, 2.45) is 5.92 Å². The predicted octanol–water partition coefficient (Wildman–Crippen LogP) is 7.27. The van der Waals surface area contributed by atoms with Gasteiger partial charge in [-0.25, -0.2) is 0 Å². The molecule has 1 atom stereocenters. The monoisotopic (exact) mass is 599 g/mol. The molecule has 4 aromatic rings. The van der Waals surface area contributed by atoms with Gasteiger partial charge in [0.25, 0.3) is 5.91 Å². The number of H-pyrrole nitrogens is 1. The fraction of sp³-hybridized carbons (Fsp3) is 0.233. The van der Waals surface area contributed by atoms with Crippen LogP contribution in [0.15, 0.2) is 78.9 Å². The van der Waals surface area contributed by atoms with E-state index in [9.17, 15) is 36.4 Å². The van der Waals surface area contributed by atoms with Crippen molar-refractivity contribution in [1.82, 2.24) is 15.5 Å². The molecule has 2 N–H and O–H groups in total. The summed E-state index contributed by atoms with van der Waals surface area (Å²) < 4.78 is 82.7. The number of hydrogen-bond acceptors (Lipinski definition) is 5. The standard InChI is InChI=1S/C30H23F6N5O2/c31-29(32,33)26-15-25(39-40-26)28(42)41(22-7-1-4-19(12-22)16-37)23-8-2-5-20(13-23)27(38-17-18-10-11-18)21-6-3-9-24(14-21)43-30(34,35)36/h1-9,12-15,18,27,38H,10-11,17H2,(H,39,40). The molecule has 1 heterocycles. The zero-order valence-corrected chi connectivity index (χ0v) is 22.2. The van der Waals surface area contributed by atoms with Gasteiger partial charge in [-0.15, -0.1) is 13.2 Å². The first-order valence-electron chi connectivity index (χ1n) is 13.1. The number of alkyl halides is 6. The number of aromatic amines is 1. The number of ether oxygens (including phenoxy) is 1. The molecule has 7 nitrogen and oxygen atoms in total. The van der Waals surface area contributed by atoms with E-state index in [0.29, 0.717) is 29.7 Å². The first-order valence-corrected chi connectivity index (χ1v) is 13.1. The summed E-state index contributed by atoms with van der Waals surface area (Å²) in [6.45, 7) is 0.584. The van der Waals surface area contributed by atoms with Crippen molar-refractivity contribution in [3.8, 4) is 11.8 Å². The van der Waals surface area contributed by atoms with Crippen LogP contribution in [0.25, 0.3) is 0 Å². The van der Waals surface area contributed by atoms with E-state index < -0.39 is 41.6 Å². The Morgan fingerprint density at radius 2 is 1.63 bits per heavy atom. The zero-order valence-electron chi connectivity index (χ0n) is 22.2. The maximum absolute atomic E-state index is 13.7. The van der Waals surface area contributed by atoms with Gasteiger partial charge in [0.1, 0.15) is 11.4 Å². The third kappa shape index (κ3) is 7.34. The molecule has 222 valence electrons. The van der Waals surface area contributed by atoms with Gasteiger partial charge in [-0.3, -0.25) is 14.8 Å². The fourth-order valence-corrected chi connectivity index (χ4v) is 4.56. The van der Waals surface area contributed by atoms with E-state index in [1.807, 2.05) is 6.07 Å². The third-order valence-electron chi connectivity index (χ3n) is 6.73. The van der Waals surface area contributed by atoms with Gasteiger partial charge in [0, 0.05) is 11.8 Å². The Hall–Kier alpha value is -4.83. The SMILES string of the molecule is N#Cc1cccc(N(C(=O)c2cc(C(F)(F)F)n[nH]2)c2cccc(C(NCC3CC3)c3cccc(OC(F)(F)F)c3)c2)c1. The Kier molecular flexibility index (Phi) is 8.14. The van der Waals surface area contributed by atoms with Crippen LogP contribution in [0.4, 0.5) is 37.7 Å². The molecule has 1 fully saturated rings. The molecule has 1 unspecified atom stereocenters. The van der Waals surface area contributed by atoms with E-state index in [-0.39, 0.29) is 16.9 Å². The largest absolute Gasteiger partial charge is 0.573 e. The summed E-state index contributed by atoms with van der Waals surface area (Å²) in [6.07, 6.45) is -7.64. The molecule has 5 rings (SSSR count). The summed E-state index contributed by atoms with van der Waals surface area (Å²) >= 11 is 0. The van der Waals surface area contributed by atoms with Gasteiger partial charge in [0.15, 0.2) is 5.69 Å². The van der Waals surface area contributed by atoms with E-state index >= 15 is 0 Å². The zero-order chi connectivity index (χ0) is 30.8. The fourth-order valence-electron chi connectivity index (χ4n) is 4.56. The maximum atomic E-state index is 13.7. The van der Waals surface area contributed by atoms with Gasteiger partial charge in [-0.2, -0.15) is 23.5 Å². The van der Waals surface area contributed by atoms with Crippen molar-refractivity contribution >= 4 is 17.3 Å². The van der Waals surface area contributed by atoms with Crippen molar-refractivity contribution in [2.45, 2.75) is 31.4 Å². The van der Waals surface area contributed by atoms with Crippen LogP contribution in [0.2, 0.25) is 0 Å². The molecular formula is C30H23F6N5O2. The number of nitrogens with zero attached hydrogens (tertiary/aromatic N) is 3.